The summed E-state index contributed by atoms with van der Waals surface area (Å²) >= 11 is 6.11. The molecule has 0 saturated heterocycles. The van der Waals surface area contributed by atoms with Gasteiger partial charge in [-0.3, -0.25) is 4.90 Å². The molecule has 4 aromatic rings. The van der Waals surface area contributed by atoms with E-state index in [1.807, 2.05) is 18.2 Å². The molecule has 0 N–H and O–H groups in total. The fourth-order valence-corrected chi connectivity index (χ4v) is 4.90. The van der Waals surface area contributed by atoms with Gasteiger partial charge in [-0.2, -0.15) is 0 Å². The zero-order valence-corrected chi connectivity index (χ0v) is 17.2. The van der Waals surface area contributed by atoms with E-state index in [9.17, 15) is 4.39 Å². The number of hydrogen-bond donors (Lipinski definition) is 0. The molecule has 0 fully saturated rings. The third-order valence-corrected chi connectivity index (χ3v) is 6.30. The second-order valence-corrected chi connectivity index (χ2v) is 8.11. The lowest BCUT2D eigenvalue weighted by Gasteiger charge is -2.43. The lowest BCUT2D eigenvalue weighted by Crippen LogP contribution is -2.45. The maximum atomic E-state index is 14.2. The molecule has 0 saturated carbocycles. The molecule has 1 aliphatic rings. The minimum Gasteiger partial charge on any atom is -0.277 e. The van der Waals surface area contributed by atoms with Crippen LogP contribution in [0.2, 0.25) is 5.02 Å². The molecule has 0 aromatic heterocycles. The van der Waals surface area contributed by atoms with Gasteiger partial charge in [-0.05, 0) is 39.9 Å². The van der Waals surface area contributed by atoms with E-state index in [1.54, 1.807) is 12.1 Å². The smallest absolute Gasteiger partial charge is 0.142 e. The Labute approximate surface area is 181 Å². The van der Waals surface area contributed by atoms with E-state index in [-0.39, 0.29) is 10.8 Å². The van der Waals surface area contributed by atoms with Crippen molar-refractivity contribution in [1.29, 1.82) is 0 Å². The zero-order chi connectivity index (χ0) is 20.6. The van der Waals surface area contributed by atoms with Crippen LogP contribution in [0.1, 0.15) is 27.8 Å². The minimum absolute atomic E-state index is 0.181. The Balaban J connectivity index is 1.77. The monoisotopic (exact) mass is 413 g/mol. The minimum atomic E-state index is -0.508. The Morgan fingerprint density at radius 2 is 1.03 bits per heavy atom. The highest BCUT2D eigenvalue weighted by Gasteiger charge is 2.44. The summed E-state index contributed by atoms with van der Waals surface area (Å²) in [6, 6.07) is 35.0. The Hall–Kier alpha value is -2.94. The molecular formula is C27H21ClFN. The lowest BCUT2D eigenvalue weighted by atomic mass is 9.75. The van der Waals surface area contributed by atoms with E-state index in [0.717, 1.165) is 11.1 Å². The summed E-state index contributed by atoms with van der Waals surface area (Å²) < 4.78 is 14.2. The van der Waals surface area contributed by atoms with Gasteiger partial charge in [0.15, 0.2) is 0 Å². The summed E-state index contributed by atoms with van der Waals surface area (Å²) in [5.41, 5.74) is 5.11. The van der Waals surface area contributed by atoms with E-state index >= 15 is 0 Å². The highest BCUT2D eigenvalue weighted by Crippen LogP contribution is 2.46. The highest BCUT2D eigenvalue weighted by molar-refractivity contribution is 6.30. The fraction of sp³-hybridized carbons (Fsp3) is 0.111. The topological polar surface area (TPSA) is 3.24 Å². The van der Waals surface area contributed by atoms with Gasteiger partial charge in [0, 0.05) is 13.1 Å². The van der Waals surface area contributed by atoms with Gasteiger partial charge >= 0.3 is 0 Å². The molecule has 0 amide bonds. The SMILES string of the molecule is Fc1cc2c(cc1Cl)CN(C(c1ccccc1)(c1ccccc1)c1ccccc1)C2. The summed E-state index contributed by atoms with van der Waals surface area (Å²) in [7, 11) is 0. The van der Waals surface area contributed by atoms with E-state index in [0.29, 0.717) is 13.1 Å². The van der Waals surface area contributed by atoms with Crippen molar-refractivity contribution >= 4 is 11.6 Å². The molecule has 0 aliphatic carbocycles. The van der Waals surface area contributed by atoms with Gasteiger partial charge in [0.1, 0.15) is 5.82 Å². The Morgan fingerprint density at radius 3 is 1.47 bits per heavy atom. The Bertz CT molecular complexity index is 1030. The molecule has 1 nitrogen and oxygen atoms in total. The van der Waals surface area contributed by atoms with Crippen LogP contribution >= 0.6 is 11.6 Å². The van der Waals surface area contributed by atoms with Crippen molar-refractivity contribution in [2.45, 2.75) is 18.6 Å². The largest absolute Gasteiger partial charge is 0.277 e. The van der Waals surface area contributed by atoms with E-state index in [1.165, 1.54) is 16.7 Å². The van der Waals surface area contributed by atoms with Gasteiger partial charge in [-0.1, -0.05) is 103 Å². The normalized spacial score (nSPS) is 13.9. The number of rotatable bonds is 4. The third-order valence-electron chi connectivity index (χ3n) is 6.01. The van der Waals surface area contributed by atoms with Crippen molar-refractivity contribution in [3.8, 4) is 0 Å². The first kappa shape index (κ1) is 19.0. The van der Waals surface area contributed by atoms with Crippen LogP contribution in [-0.2, 0) is 18.6 Å². The summed E-state index contributed by atoms with van der Waals surface area (Å²) in [5.74, 6) is -0.359. The van der Waals surface area contributed by atoms with E-state index in [2.05, 4.69) is 77.7 Å². The van der Waals surface area contributed by atoms with Crippen LogP contribution in [0.15, 0.2) is 103 Å². The molecule has 148 valence electrons. The molecule has 0 spiro atoms. The first-order chi connectivity index (χ1) is 14.7. The number of benzene rings is 4. The van der Waals surface area contributed by atoms with Crippen molar-refractivity contribution in [1.82, 2.24) is 4.90 Å². The number of halogens is 2. The Kier molecular flexibility index (Phi) is 4.90. The second-order valence-electron chi connectivity index (χ2n) is 7.70. The predicted molar refractivity (Wildman–Crippen MR) is 120 cm³/mol. The van der Waals surface area contributed by atoms with Crippen molar-refractivity contribution in [3.63, 3.8) is 0 Å². The van der Waals surface area contributed by atoms with Gasteiger partial charge in [-0.25, -0.2) is 4.39 Å². The van der Waals surface area contributed by atoms with Gasteiger partial charge < -0.3 is 0 Å². The van der Waals surface area contributed by atoms with Crippen LogP contribution in [0.25, 0.3) is 0 Å². The van der Waals surface area contributed by atoms with Gasteiger partial charge in [-0.15, -0.1) is 0 Å². The molecule has 30 heavy (non-hydrogen) atoms. The summed E-state index contributed by atoms with van der Waals surface area (Å²) in [6.07, 6.45) is 0. The molecule has 1 aliphatic heterocycles. The van der Waals surface area contributed by atoms with Gasteiger partial charge in [0.05, 0.1) is 10.6 Å². The van der Waals surface area contributed by atoms with Crippen LogP contribution in [0.3, 0.4) is 0 Å². The lowest BCUT2D eigenvalue weighted by molar-refractivity contribution is 0.157. The van der Waals surface area contributed by atoms with Gasteiger partial charge in [0.25, 0.3) is 0 Å². The molecular weight excluding hydrogens is 393 g/mol. The van der Waals surface area contributed by atoms with Gasteiger partial charge in [0.2, 0.25) is 0 Å². The van der Waals surface area contributed by atoms with Crippen molar-refractivity contribution < 1.29 is 4.39 Å². The zero-order valence-electron chi connectivity index (χ0n) is 16.4. The van der Waals surface area contributed by atoms with Crippen LogP contribution in [0, 0.1) is 5.82 Å². The van der Waals surface area contributed by atoms with Crippen molar-refractivity contribution in [2.24, 2.45) is 0 Å². The highest BCUT2D eigenvalue weighted by atomic mass is 35.5. The number of fused-ring (bicyclic) bond motifs is 1. The molecule has 0 bridgehead atoms. The predicted octanol–water partition coefficient (Wildman–Crippen LogP) is 6.79. The second kappa shape index (κ2) is 7.71. The molecule has 0 radical (unpaired) electrons. The van der Waals surface area contributed by atoms with Crippen molar-refractivity contribution in [2.75, 3.05) is 0 Å². The fourth-order valence-electron chi connectivity index (χ4n) is 4.71. The average Bonchev–Trinajstić information content (AvgIpc) is 3.19. The molecule has 1 heterocycles. The quantitative estimate of drug-likeness (QED) is 0.333. The third kappa shape index (κ3) is 3.04. The Morgan fingerprint density at radius 1 is 0.633 bits per heavy atom. The summed E-state index contributed by atoms with van der Waals surface area (Å²) in [6.45, 7) is 1.33. The number of nitrogens with zero attached hydrogens (tertiary/aromatic N) is 1. The molecule has 4 aromatic carbocycles. The van der Waals surface area contributed by atoms with Crippen LogP contribution < -0.4 is 0 Å². The first-order valence-corrected chi connectivity index (χ1v) is 10.5. The molecule has 3 heteroatoms. The molecule has 0 unspecified atom stereocenters. The first-order valence-electron chi connectivity index (χ1n) is 10.1. The van der Waals surface area contributed by atoms with Crippen LogP contribution in [0.5, 0.6) is 0 Å². The summed E-state index contributed by atoms with van der Waals surface area (Å²) in [5, 5.41) is 0.181. The van der Waals surface area contributed by atoms with E-state index in [4.69, 9.17) is 11.6 Å². The summed E-state index contributed by atoms with van der Waals surface area (Å²) in [4.78, 5) is 2.42. The molecule has 0 atom stereocenters. The van der Waals surface area contributed by atoms with Crippen molar-refractivity contribution in [3.05, 3.63) is 142 Å². The van der Waals surface area contributed by atoms with Crippen LogP contribution in [0.4, 0.5) is 4.39 Å². The standard InChI is InChI=1S/C27H21ClFN/c28-25-16-20-18-30(19-21(20)17-26(25)29)27(22-10-4-1-5-11-22,23-12-6-2-7-13-23)24-14-8-3-9-15-24/h1-17H,18-19H2. The average molecular weight is 414 g/mol. The maximum absolute atomic E-state index is 14.2. The van der Waals surface area contributed by atoms with Crippen LogP contribution in [-0.4, -0.2) is 4.90 Å². The maximum Gasteiger partial charge on any atom is 0.142 e. The number of hydrogen-bond acceptors (Lipinski definition) is 1. The molecule has 5 rings (SSSR count). The van der Waals surface area contributed by atoms with E-state index < -0.39 is 5.54 Å².